The third-order valence-electron chi connectivity index (χ3n) is 4.41. The summed E-state index contributed by atoms with van der Waals surface area (Å²) in [4.78, 5) is 25.7. The van der Waals surface area contributed by atoms with E-state index in [1.807, 2.05) is 4.90 Å². The maximum Gasteiger partial charge on any atom is 0.407 e. The molecule has 0 bridgehead atoms. The van der Waals surface area contributed by atoms with Gasteiger partial charge in [-0.05, 0) is 45.7 Å². The Balaban J connectivity index is 2.19. The number of carbonyl (C=O) groups is 2. The maximum atomic E-state index is 12.3. The molecule has 162 valence electrons. The molecular weight excluding hydrogens is 420 g/mol. The van der Waals surface area contributed by atoms with Crippen LogP contribution in [-0.4, -0.2) is 58.6 Å². The molecule has 10 heteroatoms. The molecule has 0 aliphatic carbocycles. The number of hydrogen-bond acceptors (Lipinski definition) is 7. The highest BCUT2D eigenvalue weighted by molar-refractivity contribution is 7.90. The summed E-state index contributed by atoms with van der Waals surface area (Å²) < 4.78 is 34.6. The number of carbonyl (C=O) groups excluding carboxylic acids is 2. The van der Waals surface area contributed by atoms with Crippen molar-refractivity contribution in [1.29, 1.82) is 0 Å². The van der Waals surface area contributed by atoms with Crippen LogP contribution in [0.25, 0.3) is 0 Å². The van der Waals surface area contributed by atoms with Crippen LogP contribution in [0.1, 0.15) is 44.0 Å². The highest BCUT2D eigenvalue weighted by atomic mass is 35.5. The van der Waals surface area contributed by atoms with Gasteiger partial charge in [-0.25, -0.2) is 18.0 Å². The zero-order chi connectivity index (χ0) is 22.0. The summed E-state index contributed by atoms with van der Waals surface area (Å²) in [5.41, 5.74) is -0.145. The first-order chi connectivity index (χ1) is 13.3. The van der Waals surface area contributed by atoms with Gasteiger partial charge in [0.1, 0.15) is 5.60 Å². The van der Waals surface area contributed by atoms with Gasteiger partial charge in [0.15, 0.2) is 9.84 Å². The summed E-state index contributed by atoms with van der Waals surface area (Å²) in [6.45, 7) is 6.41. The molecule has 1 amide bonds. The molecule has 0 radical (unpaired) electrons. The Morgan fingerprint density at radius 1 is 1.21 bits per heavy atom. The second-order valence-electron chi connectivity index (χ2n) is 7.97. The number of nitrogens with zero attached hydrogens (tertiary/aromatic N) is 1. The van der Waals surface area contributed by atoms with E-state index in [-0.39, 0.29) is 21.5 Å². The zero-order valence-electron chi connectivity index (χ0n) is 17.2. The predicted octanol–water partition coefficient (Wildman–Crippen LogP) is 3.02. The minimum atomic E-state index is -3.61. The lowest BCUT2D eigenvalue weighted by molar-refractivity contribution is 0.0496. The molecule has 29 heavy (non-hydrogen) atoms. The molecule has 0 aromatic heterocycles. The van der Waals surface area contributed by atoms with Crippen molar-refractivity contribution < 1.29 is 27.5 Å². The molecular formula is C19H27ClN2O6S. The Labute approximate surface area is 176 Å². The van der Waals surface area contributed by atoms with Crippen molar-refractivity contribution in [2.45, 2.75) is 50.2 Å². The minimum Gasteiger partial charge on any atom is -0.465 e. The Kier molecular flexibility index (Phi) is 7.06. The van der Waals surface area contributed by atoms with E-state index < -0.39 is 27.5 Å². The van der Waals surface area contributed by atoms with Crippen LogP contribution in [0.3, 0.4) is 0 Å². The minimum absolute atomic E-state index is 0.000167. The van der Waals surface area contributed by atoms with E-state index in [1.54, 1.807) is 20.8 Å². The van der Waals surface area contributed by atoms with E-state index in [0.29, 0.717) is 31.6 Å². The molecule has 1 heterocycles. The number of alkyl carbamates (subject to hydrolysis) is 1. The molecule has 0 saturated carbocycles. The quantitative estimate of drug-likeness (QED) is 0.709. The molecule has 0 atom stereocenters. The number of nitrogens with one attached hydrogen (secondary N) is 1. The largest absolute Gasteiger partial charge is 0.465 e. The topological polar surface area (TPSA) is 102 Å². The summed E-state index contributed by atoms with van der Waals surface area (Å²) in [5, 5.41) is 2.96. The van der Waals surface area contributed by atoms with Crippen LogP contribution in [-0.2, 0) is 19.3 Å². The van der Waals surface area contributed by atoms with Gasteiger partial charge >= 0.3 is 12.1 Å². The van der Waals surface area contributed by atoms with Gasteiger partial charge < -0.3 is 19.7 Å². The summed E-state index contributed by atoms with van der Waals surface area (Å²) in [6.07, 6.45) is 1.83. The molecule has 1 aliphatic rings. The lowest BCUT2D eigenvalue weighted by Crippen LogP contribution is -2.46. The number of anilines is 1. The zero-order valence-corrected chi connectivity index (χ0v) is 18.8. The molecule has 0 spiro atoms. The van der Waals surface area contributed by atoms with Gasteiger partial charge in [0.05, 0.1) is 28.3 Å². The number of piperidine rings is 1. The van der Waals surface area contributed by atoms with Gasteiger partial charge in [0.25, 0.3) is 0 Å². The smallest absolute Gasteiger partial charge is 0.407 e. The monoisotopic (exact) mass is 446 g/mol. The van der Waals surface area contributed by atoms with E-state index in [1.165, 1.54) is 19.2 Å². The second kappa shape index (κ2) is 8.79. The number of ether oxygens (including phenoxy) is 2. The van der Waals surface area contributed by atoms with Crippen molar-refractivity contribution >= 4 is 39.2 Å². The maximum absolute atomic E-state index is 12.3. The van der Waals surface area contributed by atoms with E-state index in [4.69, 9.17) is 16.3 Å². The average Bonchev–Trinajstić information content (AvgIpc) is 2.58. The number of methoxy groups -OCH3 is 1. The highest BCUT2D eigenvalue weighted by Gasteiger charge is 2.28. The fraction of sp³-hybridized carbons (Fsp3) is 0.579. The first-order valence-corrected chi connectivity index (χ1v) is 11.4. The normalized spacial score (nSPS) is 15.7. The lowest BCUT2D eigenvalue weighted by Gasteiger charge is -2.35. The van der Waals surface area contributed by atoms with Crippen LogP contribution < -0.4 is 10.2 Å². The van der Waals surface area contributed by atoms with Gasteiger partial charge in [-0.3, -0.25) is 0 Å². The summed E-state index contributed by atoms with van der Waals surface area (Å²) >= 11 is 6.21. The van der Waals surface area contributed by atoms with Crippen LogP contribution in [0.2, 0.25) is 5.02 Å². The fourth-order valence-electron chi connectivity index (χ4n) is 3.09. The number of hydrogen-bond donors (Lipinski definition) is 1. The average molecular weight is 447 g/mol. The van der Waals surface area contributed by atoms with Crippen molar-refractivity contribution in [3.63, 3.8) is 0 Å². The lowest BCUT2D eigenvalue weighted by atomic mass is 10.0. The number of amides is 1. The molecule has 1 aliphatic heterocycles. The summed E-state index contributed by atoms with van der Waals surface area (Å²) in [5.74, 6) is -0.702. The summed E-state index contributed by atoms with van der Waals surface area (Å²) in [7, 11) is -2.41. The predicted molar refractivity (Wildman–Crippen MR) is 111 cm³/mol. The Morgan fingerprint density at radius 3 is 2.28 bits per heavy atom. The molecule has 2 rings (SSSR count). The van der Waals surface area contributed by atoms with E-state index in [2.05, 4.69) is 10.1 Å². The van der Waals surface area contributed by atoms with Gasteiger partial charge in [0, 0.05) is 25.4 Å². The molecule has 1 saturated heterocycles. The van der Waals surface area contributed by atoms with Crippen molar-refractivity contribution in [2.75, 3.05) is 31.4 Å². The third kappa shape index (κ3) is 6.24. The van der Waals surface area contributed by atoms with E-state index in [9.17, 15) is 18.0 Å². The first kappa shape index (κ1) is 23.3. The second-order valence-corrected chi connectivity index (χ2v) is 10.4. The number of esters is 1. The van der Waals surface area contributed by atoms with Gasteiger partial charge in [0.2, 0.25) is 0 Å². The Hall–Kier alpha value is -2.00. The number of benzene rings is 1. The summed E-state index contributed by atoms with van der Waals surface area (Å²) in [6, 6.07) is 2.66. The van der Waals surface area contributed by atoms with Gasteiger partial charge in [-0.15, -0.1) is 0 Å². The standard InChI is InChI=1S/C19H27ClN2O6S/c1-19(2,3)28-18(24)21-12-6-8-22(9-7-12)15-11-14(20)13(17(23)27-4)10-16(15)29(5,25)26/h10-12H,6-9H2,1-5H3,(H,21,24). The van der Waals surface area contributed by atoms with Crippen molar-refractivity contribution in [3.05, 3.63) is 22.7 Å². The van der Waals surface area contributed by atoms with Crippen LogP contribution >= 0.6 is 11.6 Å². The number of halogens is 1. The fourth-order valence-corrected chi connectivity index (χ4v) is 4.23. The molecule has 8 nitrogen and oxygen atoms in total. The molecule has 1 fully saturated rings. The Morgan fingerprint density at radius 2 is 1.79 bits per heavy atom. The van der Waals surface area contributed by atoms with Crippen LogP contribution in [0.15, 0.2) is 17.0 Å². The molecule has 1 aromatic carbocycles. The Bertz CT molecular complexity index is 887. The van der Waals surface area contributed by atoms with Crippen LogP contribution in [0, 0.1) is 0 Å². The molecule has 0 unspecified atom stereocenters. The number of rotatable bonds is 4. The third-order valence-corrected chi connectivity index (χ3v) is 5.85. The van der Waals surface area contributed by atoms with E-state index >= 15 is 0 Å². The molecule has 1 N–H and O–H groups in total. The van der Waals surface area contributed by atoms with Crippen molar-refractivity contribution in [1.82, 2.24) is 5.32 Å². The van der Waals surface area contributed by atoms with Crippen LogP contribution in [0.5, 0.6) is 0 Å². The molecule has 1 aromatic rings. The van der Waals surface area contributed by atoms with E-state index in [0.717, 1.165) is 6.26 Å². The van der Waals surface area contributed by atoms with Crippen molar-refractivity contribution in [2.24, 2.45) is 0 Å². The highest BCUT2D eigenvalue weighted by Crippen LogP contribution is 2.33. The first-order valence-electron chi connectivity index (χ1n) is 9.18. The van der Waals surface area contributed by atoms with Crippen LogP contribution in [0.4, 0.5) is 10.5 Å². The van der Waals surface area contributed by atoms with Crippen molar-refractivity contribution in [3.8, 4) is 0 Å². The van der Waals surface area contributed by atoms with Gasteiger partial charge in [-0.1, -0.05) is 11.6 Å². The SMILES string of the molecule is COC(=O)c1cc(S(C)(=O)=O)c(N2CCC(NC(=O)OC(C)(C)C)CC2)cc1Cl. The number of sulfone groups is 1. The van der Waals surface area contributed by atoms with Gasteiger partial charge in [-0.2, -0.15) is 0 Å².